The van der Waals surface area contributed by atoms with Crippen LogP contribution in [0.5, 0.6) is 0 Å². The van der Waals surface area contributed by atoms with E-state index < -0.39 is 17.9 Å². The van der Waals surface area contributed by atoms with Gasteiger partial charge in [-0.25, -0.2) is 4.79 Å². The first-order valence-corrected chi connectivity index (χ1v) is 8.47. The number of nitrogens with one attached hydrogen (secondary N) is 2. The summed E-state index contributed by atoms with van der Waals surface area (Å²) in [6.45, 7) is 0.330. The molecule has 0 fully saturated rings. The van der Waals surface area contributed by atoms with E-state index in [-0.39, 0.29) is 16.6 Å². The number of carbonyl (C=O) groups excluding carboxylic acids is 1. The number of benzene rings is 2. The maximum absolute atomic E-state index is 11.9. The van der Waals surface area contributed by atoms with Crippen molar-refractivity contribution in [2.45, 2.75) is 12.3 Å². The minimum Gasteiger partial charge on any atom is -0.481 e. The van der Waals surface area contributed by atoms with Crippen LogP contribution in [0.3, 0.4) is 0 Å². The Labute approximate surface area is 156 Å². The van der Waals surface area contributed by atoms with Gasteiger partial charge in [0.25, 0.3) is 0 Å². The molecule has 3 N–H and O–H groups in total. The number of rotatable bonds is 7. The van der Waals surface area contributed by atoms with Crippen LogP contribution in [0.25, 0.3) is 0 Å². The summed E-state index contributed by atoms with van der Waals surface area (Å²) in [5, 5.41) is 15.2. The van der Waals surface area contributed by atoms with E-state index in [4.69, 9.17) is 23.2 Å². The predicted molar refractivity (Wildman–Crippen MR) is 98.4 cm³/mol. The van der Waals surface area contributed by atoms with E-state index >= 15 is 0 Å². The highest BCUT2D eigenvalue weighted by molar-refractivity contribution is 6.36. The average molecular weight is 381 g/mol. The van der Waals surface area contributed by atoms with Gasteiger partial charge in [-0.2, -0.15) is 0 Å². The zero-order valence-electron chi connectivity index (χ0n) is 13.3. The molecule has 2 aromatic carbocycles. The van der Waals surface area contributed by atoms with Gasteiger partial charge in [-0.3, -0.25) is 4.79 Å². The normalized spacial score (nSPS) is 11.6. The molecule has 0 saturated carbocycles. The number of carbonyl (C=O) groups is 2. The third kappa shape index (κ3) is 5.66. The summed E-state index contributed by atoms with van der Waals surface area (Å²) < 4.78 is 0. The Bertz CT molecular complexity index is 718. The van der Waals surface area contributed by atoms with Crippen molar-refractivity contribution >= 4 is 35.2 Å². The summed E-state index contributed by atoms with van der Waals surface area (Å²) in [7, 11) is 0. The summed E-state index contributed by atoms with van der Waals surface area (Å²) in [6.07, 6.45) is 0.687. The predicted octanol–water partition coefficient (Wildman–Crippen LogP) is 3.70. The van der Waals surface area contributed by atoms with Crippen molar-refractivity contribution in [2.75, 3.05) is 13.1 Å². The van der Waals surface area contributed by atoms with Gasteiger partial charge in [0, 0.05) is 28.7 Å². The molecule has 0 radical (unpaired) electrons. The molecule has 25 heavy (non-hydrogen) atoms. The molecule has 2 amide bonds. The van der Waals surface area contributed by atoms with Crippen LogP contribution in [0.4, 0.5) is 4.79 Å². The largest absolute Gasteiger partial charge is 0.481 e. The molecule has 0 aromatic heterocycles. The molecule has 0 aliphatic rings. The van der Waals surface area contributed by atoms with Crippen molar-refractivity contribution in [3.63, 3.8) is 0 Å². The number of aliphatic carboxylic acids is 1. The van der Waals surface area contributed by atoms with E-state index in [0.29, 0.717) is 18.5 Å². The molecule has 1 atom stereocenters. The topological polar surface area (TPSA) is 78.4 Å². The van der Waals surface area contributed by atoms with E-state index in [1.807, 2.05) is 30.3 Å². The summed E-state index contributed by atoms with van der Waals surface area (Å²) >= 11 is 12.1. The maximum Gasteiger partial charge on any atom is 0.314 e. The van der Waals surface area contributed by atoms with Gasteiger partial charge >= 0.3 is 12.0 Å². The van der Waals surface area contributed by atoms with Crippen LogP contribution in [0.15, 0.2) is 48.5 Å². The van der Waals surface area contributed by atoms with Crippen molar-refractivity contribution in [3.8, 4) is 0 Å². The molecule has 1 unspecified atom stereocenters. The second-order valence-electron chi connectivity index (χ2n) is 5.40. The number of amides is 2. The quantitative estimate of drug-likeness (QED) is 0.684. The molecule has 0 aliphatic carbocycles. The monoisotopic (exact) mass is 380 g/mol. The standard InChI is InChI=1S/C18H18Cl2N2O3/c19-14-7-4-8-15(20)16(14)13(17(23)24)11-22-18(25)21-10-9-12-5-2-1-3-6-12/h1-8,13H,9-11H2,(H,23,24)(H2,21,22,25). The van der Waals surface area contributed by atoms with Crippen LogP contribution in [0, 0.1) is 0 Å². The van der Waals surface area contributed by atoms with E-state index in [0.717, 1.165) is 5.56 Å². The van der Waals surface area contributed by atoms with Crippen LogP contribution in [-0.2, 0) is 11.2 Å². The van der Waals surface area contributed by atoms with E-state index in [1.54, 1.807) is 18.2 Å². The van der Waals surface area contributed by atoms with Crippen LogP contribution in [0.2, 0.25) is 10.0 Å². The zero-order valence-corrected chi connectivity index (χ0v) is 14.8. The van der Waals surface area contributed by atoms with Crippen molar-refractivity contribution in [3.05, 3.63) is 69.7 Å². The minimum atomic E-state index is -1.11. The Morgan fingerprint density at radius 1 is 0.960 bits per heavy atom. The fourth-order valence-electron chi connectivity index (χ4n) is 2.38. The Balaban J connectivity index is 1.88. The van der Waals surface area contributed by atoms with Crippen molar-refractivity contribution < 1.29 is 14.7 Å². The molecule has 132 valence electrons. The lowest BCUT2D eigenvalue weighted by atomic mass is 9.99. The third-order valence-corrected chi connectivity index (χ3v) is 4.31. The van der Waals surface area contributed by atoms with E-state index in [1.165, 1.54) is 0 Å². The Kier molecular flexibility index (Phi) is 7.10. The smallest absolute Gasteiger partial charge is 0.314 e. The highest BCUT2D eigenvalue weighted by Crippen LogP contribution is 2.31. The van der Waals surface area contributed by atoms with Crippen molar-refractivity contribution in [2.24, 2.45) is 0 Å². The molecule has 0 saturated heterocycles. The molecule has 7 heteroatoms. The zero-order chi connectivity index (χ0) is 18.2. The fourth-order valence-corrected chi connectivity index (χ4v) is 3.04. The lowest BCUT2D eigenvalue weighted by Crippen LogP contribution is -2.40. The highest BCUT2D eigenvalue weighted by atomic mass is 35.5. The fraction of sp³-hybridized carbons (Fsp3) is 0.222. The van der Waals surface area contributed by atoms with Crippen LogP contribution in [-0.4, -0.2) is 30.2 Å². The molecular formula is C18H18Cl2N2O3. The second kappa shape index (κ2) is 9.30. The van der Waals surface area contributed by atoms with Gasteiger partial charge in [0.05, 0.1) is 0 Å². The Hall–Kier alpha value is -2.24. The molecule has 0 spiro atoms. The van der Waals surface area contributed by atoms with Gasteiger partial charge in [-0.05, 0) is 24.1 Å². The number of hydrogen-bond donors (Lipinski definition) is 3. The van der Waals surface area contributed by atoms with E-state index in [2.05, 4.69) is 10.6 Å². The second-order valence-corrected chi connectivity index (χ2v) is 6.21. The molecule has 0 aliphatic heterocycles. The van der Waals surface area contributed by atoms with Crippen molar-refractivity contribution in [1.82, 2.24) is 10.6 Å². The maximum atomic E-state index is 11.9. The molecule has 2 aromatic rings. The highest BCUT2D eigenvalue weighted by Gasteiger charge is 2.25. The molecular weight excluding hydrogens is 363 g/mol. The lowest BCUT2D eigenvalue weighted by Gasteiger charge is -2.17. The van der Waals surface area contributed by atoms with Gasteiger partial charge in [0.15, 0.2) is 0 Å². The van der Waals surface area contributed by atoms with Gasteiger partial charge < -0.3 is 15.7 Å². The number of carboxylic acids is 1. The summed E-state index contributed by atoms with van der Waals surface area (Å²) in [6, 6.07) is 14.1. The van der Waals surface area contributed by atoms with Crippen LogP contribution >= 0.6 is 23.2 Å². The summed E-state index contributed by atoms with van der Waals surface area (Å²) in [5.41, 5.74) is 1.40. The van der Waals surface area contributed by atoms with Crippen LogP contribution < -0.4 is 10.6 Å². The molecule has 0 bridgehead atoms. The van der Waals surface area contributed by atoms with Gasteiger partial charge in [0.1, 0.15) is 5.92 Å². The third-order valence-electron chi connectivity index (χ3n) is 3.66. The molecule has 5 nitrogen and oxygen atoms in total. The van der Waals surface area contributed by atoms with Gasteiger partial charge in [-0.1, -0.05) is 59.6 Å². The number of hydrogen-bond acceptors (Lipinski definition) is 2. The number of carboxylic acid groups (broad SMARTS) is 1. The average Bonchev–Trinajstić information content (AvgIpc) is 2.58. The number of halogens is 2. The first-order chi connectivity index (χ1) is 12.0. The van der Waals surface area contributed by atoms with Gasteiger partial charge in [0.2, 0.25) is 0 Å². The number of urea groups is 1. The first-order valence-electron chi connectivity index (χ1n) is 7.71. The minimum absolute atomic E-state index is 0.115. The molecule has 2 rings (SSSR count). The van der Waals surface area contributed by atoms with Crippen LogP contribution in [0.1, 0.15) is 17.0 Å². The van der Waals surface area contributed by atoms with Gasteiger partial charge in [-0.15, -0.1) is 0 Å². The lowest BCUT2D eigenvalue weighted by molar-refractivity contribution is -0.138. The SMILES string of the molecule is O=C(NCCc1ccccc1)NCC(C(=O)O)c1c(Cl)cccc1Cl. The Morgan fingerprint density at radius 3 is 2.20 bits per heavy atom. The van der Waals surface area contributed by atoms with Crippen molar-refractivity contribution in [1.29, 1.82) is 0 Å². The Morgan fingerprint density at radius 2 is 1.60 bits per heavy atom. The summed E-state index contributed by atoms with van der Waals surface area (Å²) in [4.78, 5) is 23.4. The molecule has 0 heterocycles. The summed E-state index contributed by atoms with van der Waals surface area (Å²) in [5.74, 6) is -2.14. The van der Waals surface area contributed by atoms with E-state index in [9.17, 15) is 14.7 Å². The first kappa shape index (κ1) is 19.1.